The van der Waals surface area contributed by atoms with E-state index in [-0.39, 0.29) is 12.2 Å². The van der Waals surface area contributed by atoms with Gasteiger partial charge in [0.05, 0.1) is 24.0 Å². The van der Waals surface area contributed by atoms with Crippen molar-refractivity contribution in [1.29, 1.82) is 0 Å². The van der Waals surface area contributed by atoms with Crippen molar-refractivity contribution in [3.8, 4) is 5.75 Å². The molecule has 3 atom stereocenters. The maximum atomic E-state index is 10.8. The molecule has 0 amide bonds. The Hall–Kier alpha value is -3.45. The first-order chi connectivity index (χ1) is 18.2. The highest BCUT2D eigenvalue weighted by Crippen LogP contribution is 2.25. The molecule has 0 bridgehead atoms. The summed E-state index contributed by atoms with van der Waals surface area (Å²) in [6, 6.07) is 32.5. The Bertz CT molecular complexity index is 1160. The van der Waals surface area contributed by atoms with Crippen LogP contribution >= 0.6 is 0 Å². The topological polar surface area (TPSA) is 68.0 Å². The van der Waals surface area contributed by atoms with Crippen LogP contribution in [0.4, 0.5) is 0 Å². The predicted octanol–water partition coefficient (Wildman–Crippen LogP) is 5.41. The average molecular weight is 499 g/mol. The minimum atomic E-state index is -0.488. The smallest absolute Gasteiger partial charge is 0.174 e. The molecule has 1 aliphatic rings. The van der Waals surface area contributed by atoms with Gasteiger partial charge >= 0.3 is 0 Å². The monoisotopic (exact) mass is 498 g/mol. The van der Waals surface area contributed by atoms with E-state index in [1.54, 1.807) is 0 Å². The second kappa shape index (κ2) is 12.7. The van der Waals surface area contributed by atoms with Crippen molar-refractivity contribution in [1.82, 2.24) is 10.1 Å². The zero-order valence-electron chi connectivity index (χ0n) is 21.0. The highest BCUT2D eigenvalue weighted by atomic mass is 16.5. The van der Waals surface area contributed by atoms with Gasteiger partial charge in [-0.15, -0.1) is 0 Å². The molecule has 0 radical (unpaired) electrons. The van der Waals surface area contributed by atoms with E-state index in [2.05, 4.69) is 58.6 Å². The molecule has 0 spiro atoms. The fourth-order valence-electron chi connectivity index (χ4n) is 4.81. The number of nitrogens with zero attached hydrogens (tertiary/aromatic N) is 2. The van der Waals surface area contributed by atoms with Crippen LogP contribution in [0.25, 0.3) is 0 Å². The molecule has 1 aromatic heterocycles. The first-order valence-corrected chi connectivity index (χ1v) is 13.0. The lowest BCUT2D eigenvalue weighted by molar-refractivity contribution is -0.127. The Morgan fingerprint density at radius 3 is 2.11 bits per heavy atom. The summed E-state index contributed by atoms with van der Waals surface area (Å²) in [7, 11) is 0. The normalized spacial score (nSPS) is 19.7. The third kappa shape index (κ3) is 7.52. The van der Waals surface area contributed by atoms with Gasteiger partial charge in [0, 0.05) is 32.1 Å². The van der Waals surface area contributed by atoms with Crippen molar-refractivity contribution in [2.75, 3.05) is 6.54 Å². The van der Waals surface area contributed by atoms with Crippen molar-refractivity contribution in [3.63, 3.8) is 0 Å². The quantitative estimate of drug-likeness (QED) is 0.298. The Morgan fingerprint density at radius 1 is 0.838 bits per heavy atom. The second-order valence-corrected chi connectivity index (χ2v) is 9.67. The van der Waals surface area contributed by atoms with Crippen molar-refractivity contribution in [3.05, 3.63) is 120 Å². The Balaban J connectivity index is 1.19. The van der Waals surface area contributed by atoms with E-state index in [1.807, 2.05) is 48.5 Å². The van der Waals surface area contributed by atoms with Gasteiger partial charge in [0.2, 0.25) is 0 Å². The SMILES string of the molecule is O[C@H]1CC[C@@H](Cc2cc(COc3ccccc3)on2)O[C@@H]1CN(Cc1ccccc1)Cc1ccccc1. The number of aromatic nitrogens is 1. The number of hydrogen-bond acceptors (Lipinski definition) is 6. The van der Waals surface area contributed by atoms with Crippen molar-refractivity contribution >= 4 is 0 Å². The lowest BCUT2D eigenvalue weighted by Gasteiger charge is -2.37. The predicted molar refractivity (Wildman–Crippen MR) is 142 cm³/mol. The maximum Gasteiger partial charge on any atom is 0.174 e. The van der Waals surface area contributed by atoms with Gasteiger partial charge in [0.15, 0.2) is 5.76 Å². The first kappa shape index (κ1) is 25.2. The summed E-state index contributed by atoms with van der Waals surface area (Å²) in [5.74, 6) is 1.48. The highest BCUT2D eigenvalue weighted by molar-refractivity contribution is 5.21. The molecule has 6 heteroatoms. The number of aliphatic hydroxyl groups is 1. The summed E-state index contributed by atoms with van der Waals surface area (Å²) in [4.78, 5) is 2.36. The van der Waals surface area contributed by atoms with E-state index in [1.165, 1.54) is 11.1 Å². The molecule has 37 heavy (non-hydrogen) atoms. The van der Waals surface area contributed by atoms with Crippen LogP contribution in [-0.4, -0.2) is 40.0 Å². The second-order valence-electron chi connectivity index (χ2n) is 9.67. The molecule has 6 nitrogen and oxygen atoms in total. The average Bonchev–Trinajstić information content (AvgIpc) is 3.38. The number of rotatable bonds is 11. The van der Waals surface area contributed by atoms with Crippen LogP contribution in [0.15, 0.2) is 102 Å². The third-order valence-electron chi connectivity index (χ3n) is 6.69. The molecule has 1 N–H and O–H groups in total. The highest BCUT2D eigenvalue weighted by Gasteiger charge is 2.32. The molecule has 0 unspecified atom stereocenters. The molecule has 3 aromatic carbocycles. The van der Waals surface area contributed by atoms with E-state index in [0.29, 0.717) is 31.8 Å². The summed E-state index contributed by atoms with van der Waals surface area (Å²) in [6.07, 6.45) is 1.38. The van der Waals surface area contributed by atoms with Gasteiger partial charge in [-0.25, -0.2) is 0 Å². The van der Waals surface area contributed by atoms with Gasteiger partial charge < -0.3 is 19.1 Å². The fraction of sp³-hybridized carbons (Fsp3) is 0.323. The maximum absolute atomic E-state index is 10.8. The number of aliphatic hydroxyl groups excluding tert-OH is 1. The van der Waals surface area contributed by atoms with Gasteiger partial charge in [0.25, 0.3) is 0 Å². The molecule has 1 aliphatic heterocycles. The van der Waals surface area contributed by atoms with Crippen LogP contribution in [0.1, 0.15) is 35.4 Å². The summed E-state index contributed by atoms with van der Waals surface area (Å²) < 4.78 is 17.7. The van der Waals surface area contributed by atoms with E-state index in [9.17, 15) is 5.11 Å². The van der Waals surface area contributed by atoms with Gasteiger partial charge in [-0.05, 0) is 36.1 Å². The molecular formula is C31H34N2O4. The van der Waals surface area contributed by atoms with Crippen LogP contribution < -0.4 is 4.74 Å². The first-order valence-electron chi connectivity index (χ1n) is 13.0. The van der Waals surface area contributed by atoms with Crippen LogP contribution in [-0.2, 0) is 30.9 Å². The molecule has 1 fully saturated rings. The van der Waals surface area contributed by atoms with Crippen LogP contribution in [0.5, 0.6) is 5.75 Å². The lowest BCUT2D eigenvalue weighted by Crippen LogP contribution is -2.46. The van der Waals surface area contributed by atoms with Crippen LogP contribution in [0, 0.1) is 0 Å². The molecular weight excluding hydrogens is 464 g/mol. The molecule has 2 heterocycles. The van der Waals surface area contributed by atoms with E-state index >= 15 is 0 Å². The van der Waals surface area contributed by atoms with Crippen LogP contribution in [0.2, 0.25) is 0 Å². The largest absolute Gasteiger partial charge is 0.486 e. The van der Waals surface area contributed by atoms with Crippen molar-refractivity contribution in [2.45, 2.75) is 57.3 Å². The Morgan fingerprint density at radius 2 is 1.46 bits per heavy atom. The van der Waals surface area contributed by atoms with Crippen molar-refractivity contribution < 1.29 is 19.1 Å². The number of hydrogen-bond donors (Lipinski definition) is 1. The summed E-state index contributed by atoms with van der Waals surface area (Å²) in [5.41, 5.74) is 3.33. The minimum absolute atomic E-state index is 0.0170. The number of ether oxygens (including phenoxy) is 2. The number of benzene rings is 3. The fourth-order valence-corrected chi connectivity index (χ4v) is 4.81. The van der Waals surface area contributed by atoms with Gasteiger partial charge in [-0.1, -0.05) is 84.0 Å². The van der Waals surface area contributed by atoms with E-state index < -0.39 is 6.10 Å². The van der Waals surface area contributed by atoms with Gasteiger partial charge in [-0.3, -0.25) is 4.90 Å². The molecule has 0 saturated carbocycles. The number of para-hydroxylation sites is 1. The Kier molecular flexibility index (Phi) is 8.64. The zero-order chi connectivity index (χ0) is 25.3. The summed E-state index contributed by atoms with van der Waals surface area (Å²) >= 11 is 0. The van der Waals surface area contributed by atoms with Gasteiger partial charge in [0.1, 0.15) is 12.4 Å². The minimum Gasteiger partial charge on any atom is -0.486 e. The van der Waals surface area contributed by atoms with Crippen molar-refractivity contribution in [2.24, 2.45) is 0 Å². The third-order valence-corrected chi connectivity index (χ3v) is 6.69. The standard InChI is InChI=1S/C31H34N2O4/c34-30-17-16-28(18-26-19-29(37-32-26)23-35-27-14-8-3-9-15-27)36-31(30)22-33(20-24-10-4-1-5-11-24)21-25-12-6-2-7-13-25/h1-15,19,28,30-31,34H,16-18,20-23H2/t28-,30-,31+/m0/s1. The molecule has 192 valence electrons. The van der Waals surface area contributed by atoms with E-state index in [0.717, 1.165) is 31.0 Å². The molecule has 0 aliphatic carbocycles. The molecule has 4 aromatic rings. The molecule has 1 saturated heterocycles. The zero-order valence-corrected chi connectivity index (χ0v) is 21.0. The molecule has 5 rings (SSSR count). The van der Waals surface area contributed by atoms with Gasteiger partial charge in [-0.2, -0.15) is 0 Å². The Labute approximate surface area is 218 Å². The summed E-state index contributed by atoms with van der Waals surface area (Å²) in [5, 5.41) is 15.0. The summed E-state index contributed by atoms with van der Waals surface area (Å²) in [6.45, 7) is 2.57. The van der Waals surface area contributed by atoms with Crippen LogP contribution in [0.3, 0.4) is 0 Å². The lowest BCUT2D eigenvalue weighted by atomic mass is 9.97. The van der Waals surface area contributed by atoms with E-state index in [4.69, 9.17) is 14.0 Å².